The zero-order valence-electron chi connectivity index (χ0n) is 11.1. The average molecular weight is 250 g/mol. The van der Waals surface area contributed by atoms with Gasteiger partial charge in [0, 0.05) is 44.4 Å². The first kappa shape index (κ1) is 13.1. The van der Waals surface area contributed by atoms with Gasteiger partial charge in [-0.15, -0.1) is 0 Å². The van der Waals surface area contributed by atoms with Crippen molar-refractivity contribution >= 4 is 5.91 Å². The van der Waals surface area contributed by atoms with Gasteiger partial charge >= 0.3 is 0 Å². The quantitative estimate of drug-likeness (QED) is 0.816. The van der Waals surface area contributed by atoms with Crippen molar-refractivity contribution in [3.8, 4) is 0 Å². The van der Waals surface area contributed by atoms with Gasteiger partial charge in [-0.25, -0.2) is 4.98 Å². The first-order valence-electron chi connectivity index (χ1n) is 6.64. The van der Waals surface area contributed by atoms with Crippen LogP contribution in [0.2, 0.25) is 0 Å². The van der Waals surface area contributed by atoms with Crippen LogP contribution >= 0.6 is 0 Å². The number of amides is 1. The van der Waals surface area contributed by atoms with E-state index < -0.39 is 0 Å². The first-order valence-corrected chi connectivity index (χ1v) is 6.64. The summed E-state index contributed by atoms with van der Waals surface area (Å²) in [6.45, 7) is 3.74. The standard InChI is InChI=1S/C13H22N4O/c1-10-9-11(3-5-14-10)13(18)16-6-4-12-15-7-8-17(12)2/h7-8,10-11,14H,3-6,9H2,1-2H3,(H,16,18). The molecule has 18 heavy (non-hydrogen) atoms. The summed E-state index contributed by atoms with van der Waals surface area (Å²) < 4.78 is 1.98. The Hall–Kier alpha value is -1.36. The fourth-order valence-electron chi connectivity index (χ4n) is 2.45. The second-order valence-electron chi connectivity index (χ2n) is 5.07. The molecule has 1 saturated heterocycles. The predicted octanol–water partition coefficient (Wildman–Crippen LogP) is 0.467. The molecule has 0 bridgehead atoms. The number of imidazole rings is 1. The highest BCUT2D eigenvalue weighted by atomic mass is 16.1. The molecular formula is C13H22N4O. The van der Waals surface area contributed by atoms with Gasteiger partial charge in [-0.1, -0.05) is 0 Å². The Labute approximate surface area is 108 Å². The summed E-state index contributed by atoms with van der Waals surface area (Å²) in [6.07, 6.45) is 6.37. The Balaban J connectivity index is 1.73. The van der Waals surface area contributed by atoms with E-state index in [4.69, 9.17) is 0 Å². The summed E-state index contributed by atoms with van der Waals surface area (Å²) in [7, 11) is 1.97. The number of hydrogen-bond acceptors (Lipinski definition) is 3. The van der Waals surface area contributed by atoms with Crippen LogP contribution in [0.3, 0.4) is 0 Å². The number of piperidine rings is 1. The fraction of sp³-hybridized carbons (Fsp3) is 0.692. The van der Waals surface area contributed by atoms with E-state index in [9.17, 15) is 4.79 Å². The monoisotopic (exact) mass is 250 g/mol. The van der Waals surface area contributed by atoms with Crippen LogP contribution in [0.4, 0.5) is 0 Å². The topological polar surface area (TPSA) is 59.0 Å². The lowest BCUT2D eigenvalue weighted by molar-refractivity contribution is -0.126. The van der Waals surface area contributed by atoms with Crippen LogP contribution in [0.25, 0.3) is 0 Å². The van der Waals surface area contributed by atoms with Gasteiger partial charge in [0.1, 0.15) is 5.82 Å². The molecule has 2 heterocycles. The number of nitrogens with one attached hydrogen (secondary N) is 2. The zero-order chi connectivity index (χ0) is 13.0. The Bertz CT molecular complexity index is 401. The molecule has 1 amide bonds. The third kappa shape index (κ3) is 3.32. The van der Waals surface area contributed by atoms with Crippen molar-refractivity contribution in [2.75, 3.05) is 13.1 Å². The van der Waals surface area contributed by atoms with E-state index in [0.717, 1.165) is 31.6 Å². The molecule has 1 aromatic heterocycles. The lowest BCUT2D eigenvalue weighted by Gasteiger charge is -2.27. The molecule has 1 aliphatic heterocycles. The molecule has 0 saturated carbocycles. The van der Waals surface area contributed by atoms with Gasteiger partial charge in [-0.2, -0.15) is 0 Å². The number of aryl methyl sites for hydroxylation is 1. The molecule has 0 radical (unpaired) electrons. The molecule has 2 unspecified atom stereocenters. The van der Waals surface area contributed by atoms with E-state index in [2.05, 4.69) is 22.5 Å². The van der Waals surface area contributed by atoms with E-state index in [0.29, 0.717) is 12.6 Å². The molecule has 2 N–H and O–H groups in total. The Morgan fingerprint density at radius 2 is 2.50 bits per heavy atom. The van der Waals surface area contributed by atoms with Gasteiger partial charge in [0.25, 0.3) is 0 Å². The Kier molecular flexibility index (Phi) is 4.36. The molecule has 2 rings (SSSR count). The maximum absolute atomic E-state index is 12.0. The van der Waals surface area contributed by atoms with Gasteiger partial charge in [0.15, 0.2) is 0 Å². The van der Waals surface area contributed by atoms with Gasteiger partial charge in [-0.3, -0.25) is 4.79 Å². The summed E-state index contributed by atoms with van der Waals surface area (Å²) in [5, 5.41) is 6.38. The summed E-state index contributed by atoms with van der Waals surface area (Å²) in [4.78, 5) is 16.2. The van der Waals surface area contributed by atoms with Gasteiger partial charge in [-0.05, 0) is 26.3 Å². The van der Waals surface area contributed by atoms with Crippen molar-refractivity contribution in [1.82, 2.24) is 20.2 Å². The normalized spacial score (nSPS) is 23.9. The van der Waals surface area contributed by atoms with Crippen molar-refractivity contribution < 1.29 is 4.79 Å². The summed E-state index contributed by atoms with van der Waals surface area (Å²) in [6, 6.07) is 0.448. The average Bonchev–Trinajstić information content (AvgIpc) is 2.75. The van der Waals surface area contributed by atoms with Crippen molar-refractivity contribution in [2.24, 2.45) is 13.0 Å². The highest BCUT2D eigenvalue weighted by Crippen LogP contribution is 2.15. The van der Waals surface area contributed by atoms with E-state index in [1.807, 2.05) is 17.8 Å². The Morgan fingerprint density at radius 3 is 3.17 bits per heavy atom. The molecule has 1 aromatic rings. The second kappa shape index (κ2) is 6.00. The summed E-state index contributed by atoms with van der Waals surface area (Å²) in [5.41, 5.74) is 0. The third-order valence-corrected chi connectivity index (χ3v) is 3.56. The van der Waals surface area contributed by atoms with Crippen LogP contribution < -0.4 is 10.6 Å². The highest BCUT2D eigenvalue weighted by Gasteiger charge is 2.24. The molecule has 1 fully saturated rings. The first-order chi connectivity index (χ1) is 8.66. The molecule has 0 aromatic carbocycles. The molecular weight excluding hydrogens is 228 g/mol. The molecule has 5 heteroatoms. The minimum atomic E-state index is 0.169. The zero-order valence-corrected chi connectivity index (χ0v) is 11.1. The predicted molar refractivity (Wildman–Crippen MR) is 70.1 cm³/mol. The number of rotatable bonds is 4. The van der Waals surface area contributed by atoms with Crippen molar-refractivity contribution in [1.29, 1.82) is 0 Å². The molecule has 2 atom stereocenters. The lowest BCUT2D eigenvalue weighted by atomic mass is 9.92. The molecule has 0 aliphatic carbocycles. The van der Waals surface area contributed by atoms with Crippen LogP contribution in [-0.4, -0.2) is 34.6 Å². The smallest absolute Gasteiger partial charge is 0.223 e. The minimum Gasteiger partial charge on any atom is -0.355 e. The number of carbonyl (C=O) groups excluding carboxylic acids is 1. The van der Waals surface area contributed by atoms with Gasteiger partial charge < -0.3 is 15.2 Å². The second-order valence-corrected chi connectivity index (χ2v) is 5.07. The highest BCUT2D eigenvalue weighted by molar-refractivity contribution is 5.78. The number of hydrogen-bond donors (Lipinski definition) is 2. The largest absolute Gasteiger partial charge is 0.355 e. The SMILES string of the molecule is CC1CC(C(=O)NCCc2nccn2C)CCN1. The molecule has 1 aliphatic rings. The van der Waals surface area contributed by atoms with Crippen LogP contribution in [-0.2, 0) is 18.3 Å². The van der Waals surface area contributed by atoms with Gasteiger partial charge in [0.05, 0.1) is 0 Å². The fourth-order valence-corrected chi connectivity index (χ4v) is 2.45. The Morgan fingerprint density at radius 1 is 1.67 bits per heavy atom. The van der Waals surface area contributed by atoms with E-state index in [-0.39, 0.29) is 11.8 Å². The summed E-state index contributed by atoms with van der Waals surface area (Å²) in [5.74, 6) is 1.37. The summed E-state index contributed by atoms with van der Waals surface area (Å²) >= 11 is 0. The van der Waals surface area contributed by atoms with Crippen LogP contribution in [0, 0.1) is 5.92 Å². The number of nitrogens with zero attached hydrogens (tertiary/aromatic N) is 2. The van der Waals surface area contributed by atoms with Crippen molar-refractivity contribution in [2.45, 2.75) is 32.2 Å². The van der Waals surface area contributed by atoms with Crippen molar-refractivity contribution in [3.05, 3.63) is 18.2 Å². The van der Waals surface area contributed by atoms with Crippen molar-refractivity contribution in [3.63, 3.8) is 0 Å². The van der Waals surface area contributed by atoms with E-state index >= 15 is 0 Å². The van der Waals surface area contributed by atoms with Gasteiger partial charge in [0.2, 0.25) is 5.91 Å². The number of carbonyl (C=O) groups is 1. The maximum atomic E-state index is 12.0. The van der Waals surface area contributed by atoms with Crippen LogP contribution in [0.5, 0.6) is 0 Å². The van der Waals surface area contributed by atoms with E-state index in [1.54, 1.807) is 6.20 Å². The molecule has 5 nitrogen and oxygen atoms in total. The number of aromatic nitrogens is 2. The maximum Gasteiger partial charge on any atom is 0.223 e. The third-order valence-electron chi connectivity index (χ3n) is 3.56. The van der Waals surface area contributed by atoms with Crippen LogP contribution in [0.15, 0.2) is 12.4 Å². The van der Waals surface area contributed by atoms with E-state index in [1.165, 1.54) is 0 Å². The lowest BCUT2D eigenvalue weighted by Crippen LogP contribution is -2.42. The molecule has 0 spiro atoms. The minimum absolute atomic E-state index is 0.169. The molecule has 100 valence electrons. The van der Waals surface area contributed by atoms with Crippen LogP contribution in [0.1, 0.15) is 25.6 Å².